The molecule has 28 heavy (non-hydrogen) atoms. The number of piperidine rings is 1. The quantitative estimate of drug-likeness (QED) is 0.462. The number of hydrogen-bond acceptors (Lipinski definition) is 5. The number of carbonyl (C=O) groups excluding carboxylic acids is 2. The summed E-state index contributed by atoms with van der Waals surface area (Å²) in [7, 11) is 0. The Kier molecular flexibility index (Phi) is 6.47. The van der Waals surface area contributed by atoms with Gasteiger partial charge in [-0.15, -0.1) is 0 Å². The molecule has 0 unspecified atom stereocenters. The Bertz CT molecular complexity index is 787. The summed E-state index contributed by atoms with van der Waals surface area (Å²) in [5.74, 6) is -0.642. The molecule has 0 atom stereocenters. The summed E-state index contributed by atoms with van der Waals surface area (Å²) in [6.07, 6.45) is 3.28. The van der Waals surface area contributed by atoms with Gasteiger partial charge in [-0.3, -0.25) is 9.59 Å². The van der Waals surface area contributed by atoms with Crippen molar-refractivity contribution in [2.75, 3.05) is 10.6 Å². The Morgan fingerprint density at radius 2 is 1.57 bits per heavy atom. The van der Waals surface area contributed by atoms with Crippen molar-refractivity contribution in [2.24, 2.45) is 0 Å². The molecule has 1 aliphatic heterocycles. The Labute approximate surface area is 166 Å². The molecule has 0 aliphatic carbocycles. The lowest BCUT2D eigenvalue weighted by Crippen LogP contribution is -2.61. The van der Waals surface area contributed by atoms with Crippen LogP contribution in [0, 0.1) is 11.3 Å². The smallest absolute Gasteiger partial charge is 0.267 e. The standard InChI is InChI=1S/C21H29N5O2/c1-14(27)24-16-6-8-17(9-7-16)25-19(28)15(12-22)13-23-18-10-20(2,3)26-21(4,5)11-18/h6-9,13,18,23,26H,10-11H2,1-5H3,(H,24,27)(H,25,28)/b15-13-. The maximum atomic E-state index is 12.4. The molecule has 1 aromatic carbocycles. The topological polar surface area (TPSA) is 106 Å². The maximum Gasteiger partial charge on any atom is 0.267 e. The van der Waals surface area contributed by atoms with E-state index in [-0.39, 0.29) is 28.6 Å². The van der Waals surface area contributed by atoms with Gasteiger partial charge in [-0.2, -0.15) is 5.26 Å². The molecular weight excluding hydrogens is 354 g/mol. The summed E-state index contributed by atoms with van der Waals surface area (Å²) in [6.45, 7) is 10.0. The maximum absolute atomic E-state index is 12.4. The number of nitrogens with one attached hydrogen (secondary N) is 4. The zero-order valence-electron chi connectivity index (χ0n) is 17.1. The second-order valence-corrected chi connectivity index (χ2v) is 8.55. The molecule has 1 saturated heterocycles. The number of hydrogen-bond donors (Lipinski definition) is 4. The summed E-state index contributed by atoms with van der Waals surface area (Å²) in [5, 5.41) is 21.6. The molecule has 0 bridgehead atoms. The lowest BCUT2D eigenvalue weighted by atomic mass is 9.80. The van der Waals surface area contributed by atoms with Gasteiger partial charge in [0, 0.05) is 41.6 Å². The first-order valence-corrected chi connectivity index (χ1v) is 9.34. The molecule has 2 amide bonds. The minimum atomic E-state index is -0.477. The predicted octanol–water partition coefficient (Wildman–Crippen LogP) is 2.89. The summed E-state index contributed by atoms with van der Waals surface area (Å²) in [6, 6.07) is 8.83. The number of nitriles is 1. The first-order valence-electron chi connectivity index (χ1n) is 9.34. The molecule has 1 fully saturated rings. The summed E-state index contributed by atoms with van der Waals surface area (Å²) < 4.78 is 0. The van der Waals surface area contributed by atoms with Gasteiger partial charge in [0.1, 0.15) is 11.6 Å². The van der Waals surface area contributed by atoms with Gasteiger partial charge in [0.15, 0.2) is 0 Å². The Hall–Kier alpha value is -2.85. The number of benzene rings is 1. The zero-order chi connectivity index (χ0) is 20.9. The van der Waals surface area contributed by atoms with Crippen molar-refractivity contribution < 1.29 is 9.59 Å². The van der Waals surface area contributed by atoms with Gasteiger partial charge in [-0.1, -0.05) is 0 Å². The second kappa shape index (κ2) is 8.44. The Balaban J connectivity index is 2.01. The molecule has 4 N–H and O–H groups in total. The number of anilines is 2. The molecule has 0 saturated carbocycles. The number of nitrogens with zero attached hydrogens (tertiary/aromatic N) is 1. The van der Waals surface area contributed by atoms with Crippen LogP contribution in [0.1, 0.15) is 47.5 Å². The third kappa shape index (κ3) is 6.39. The van der Waals surface area contributed by atoms with Crippen molar-refractivity contribution in [3.63, 3.8) is 0 Å². The molecule has 0 aromatic heterocycles. The number of amides is 2. The predicted molar refractivity (Wildman–Crippen MR) is 111 cm³/mol. The van der Waals surface area contributed by atoms with E-state index in [1.807, 2.05) is 6.07 Å². The molecule has 0 radical (unpaired) electrons. The SMILES string of the molecule is CC(=O)Nc1ccc(NC(=O)/C(C#N)=C\NC2CC(C)(C)NC(C)(C)C2)cc1. The van der Waals surface area contributed by atoms with Crippen molar-refractivity contribution in [1.82, 2.24) is 10.6 Å². The number of rotatable bonds is 5. The third-order valence-electron chi connectivity index (χ3n) is 4.48. The zero-order valence-corrected chi connectivity index (χ0v) is 17.1. The highest BCUT2D eigenvalue weighted by Gasteiger charge is 2.37. The Morgan fingerprint density at radius 1 is 1.07 bits per heavy atom. The van der Waals surface area contributed by atoms with Gasteiger partial charge >= 0.3 is 0 Å². The molecular formula is C21H29N5O2. The van der Waals surface area contributed by atoms with Crippen LogP contribution < -0.4 is 21.3 Å². The molecule has 2 rings (SSSR count). The fourth-order valence-corrected chi connectivity index (χ4v) is 3.83. The van der Waals surface area contributed by atoms with Crippen LogP contribution in [0.3, 0.4) is 0 Å². The van der Waals surface area contributed by atoms with E-state index in [0.29, 0.717) is 11.4 Å². The average Bonchev–Trinajstić information content (AvgIpc) is 2.54. The first kappa shape index (κ1) is 21.5. The van der Waals surface area contributed by atoms with E-state index in [9.17, 15) is 14.9 Å². The van der Waals surface area contributed by atoms with Gasteiger partial charge in [-0.05, 0) is 64.8 Å². The highest BCUT2D eigenvalue weighted by atomic mass is 16.2. The van der Waals surface area contributed by atoms with Crippen LogP contribution in [-0.2, 0) is 9.59 Å². The lowest BCUT2D eigenvalue weighted by molar-refractivity contribution is -0.114. The van der Waals surface area contributed by atoms with E-state index >= 15 is 0 Å². The monoisotopic (exact) mass is 383 g/mol. The number of carbonyl (C=O) groups is 2. The molecule has 150 valence electrons. The van der Waals surface area contributed by atoms with Crippen molar-refractivity contribution in [2.45, 2.75) is 64.6 Å². The normalized spacial score (nSPS) is 18.6. The highest BCUT2D eigenvalue weighted by molar-refractivity contribution is 6.06. The largest absolute Gasteiger partial charge is 0.387 e. The minimum Gasteiger partial charge on any atom is -0.387 e. The summed E-state index contributed by atoms with van der Waals surface area (Å²) in [4.78, 5) is 23.5. The van der Waals surface area contributed by atoms with E-state index in [1.54, 1.807) is 24.3 Å². The molecule has 7 heteroatoms. The van der Waals surface area contributed by atoms with E-state index in [1.165, 1.54) is 13.1 Å². The second-order valence-electron chi connectivity index (χ2n) is 8.55. The van der Waals surface area contributed by atoms with Crippen LogP contribution in [0.4, 0.5) is 11.4 Å². The van der Waals surface area contributed by atoms with Gasteiger partial charge < -0.3 is 21.3 Å². The van der Waals surface area contributed by atoms with Gasteiger partial charge in [-0.25, -0.2) is 0 Å². The minimum absolute atomic E-state index is 0.0140. The molecule has 1 heterocycles. The van der Waals surface area contributed by atoms with Gasteiger partial charge in [0.25, 0.3) is 5.91 Å². The van der Waals surface area contributed by atoms with E-state index in [2.05, 4.69) is 49.0 Å². The highest BCUT2D eigenvalue weighted by Crippen LogP contribution is 2.28. The van der Waals surface area contributed by atoms with E-state index in [0.717, 1.165) is 12.8 Å². The van der Waals surface area contributed by atoms with Crippen LogP contribution in [0.2, 0.25) is 0 Å². The lowest BCUT2D eigenvalue weighted by Gasteiger charge is -2.46. The van der Waals surface area contributed by atoms with E-state index < -0.39 is 5.91 Å². The van der Waals surface area contributed by atoms with Crippen molar-refractivity contribution >= 4 is 23.2 Å². The van der Waals surface area contributed by atoms with Gasteiger partial charge in [0.05, 0.1) is 0 Å². The van der Waals surface area contributed by atoms with Crippen LogP contribution in [0.15, 0.2) is 36.0 Å². The fourth-order valence-electron chi connectivity index (χ4n) is 3.83. The van der Waals surface area contributed by atoms with Crippen molar-refractivity contribution in [3.8, 4) is 6.07 Å². The van der Waals surface area contributed by atoms with Gasteiger partial charge in [0.2, 0.25) is 5.91 Å². The van der Waals surface area contributed by atoms with Crippen LogP contribution in [-0.4, -0.2) is 28.9 Å². The third-order valence-corrected chi connectivity index (χ3v) is 4.48. The molecule has 0 spiro atoms. The van der Waals surface area contributed by atoms with Crippen LogP contribution >= 0.6 is 0 Å². The fraction of sp³-hybridized carbons (Fsp3) is 0.476. The van der Waals surface area contributed by atoms with Crippen LogP contribution in [0.25, 0.3) is 0 Å². The molecule has 7 nitrogen and oxygen atoms in total. The van der Waals surface area contributed by atoms with Crippen LogP contribution in [0.5, 0.6) is 0 Å². The first-order chi connectivity index (χ1) is 13.0. The van der Waals surface area contributed by atoms with E-state index in [4.69, 9.17) is 0 Å². The van der Waals surface area contributed by atoms with Crippen molar-refractivity contribution in [3.05, 3.63) is 36.0 Å². The molecule has 1 aliphatic rings. The van der Waals surface area contributed by atoms with Crippen molar-refractivity contribution in [1.29, 1.82) is 5.26 Å². The Morgan fingerprint density at radius 3 is 2.04 bits per heavy atom. The summed E-state index contributed by atoms with van der Waals surface area (Å²) >= 11 is 0. The average molecular weight is 383 g/mol. The molecule has 1 aromatic rings. The summed E-state index contributed by atoms with van der Waals surface area (Å²) in [5.41, 5.74) is 1.14.